The van der Waals surface area contributed by atoms with Crippen molar-refractivity contribution in [1.82, 2.24) is 0 Å². The van der Waals surface area contributed by atoms with Crippen molar-refractivity contribution in [2.75, 3.05) is 0 Å². The Hall–Kier alpha value is -0.790. The van der Waals surface area contributed by atoms with Gasteiger partial charge in [-0.05, 0) is 50.3 Å². The van der Waals surface area contributed by atoms with Crippen molar-refractivity contribution in [2.24, 2.45) is 0 Å². The lowest BCUT2D eigenvalue weighted by molar-refractivity contribution is 0.660. The Labute approximate surface area is 115 Å². The summed E-state index contributed by atoms with van der Waals surface area (Å²) in [5.41, 5.74) is 5.35. The Morgan fingerprint density at radius 3 is 2.47 bits per heavy atom. The van der Waals surface area contributed by atoms with Gasteiger partial charge in [-0.15, -0.1) is 0 Å². The fourth-order valence-corrected chi connectivity index (χ4v) is 3.20. The maximum absolute atomic E-state index is 6.21. The standard InChI is InChI=1S/C15H12BrCl/c1-15(2)11-6-4-3-5-9(11)10-7-14(17)13(16)8-12(10)15/h3-8H,1-2H3. The van der Waals surface area contributed by atoms with Crippen LogP contribution in [0.1, 0.15) is 25.0 Å². The van der Waals surface area contributed by atoms with Gasteiger partial charge in [0.2, 0.25) is 0 Å². The van der Waals surface area contributed by atoms with E-state index in [4.69, 9.17) is 11.6 Å². The van der Waals surface area contributed by atoms with E-state index in [0.717, 1.165) is 9.50 Å². The Morgan fingerprint density at radius 2 is 1.71 bits per heavy atom. The van der Waals surface area contributed by atoms with Crippen molar-refractivity contribution in [2.45, 2.75) is 19.3 Å². The molecule has 0 spiro atoms. The molecule has 1 aliphatic rings. The van der Waals surface area contributed by atoms with Gasteiger partial charge >= 0.3 is 0 Å². The van der Waals surface area contributed by atoms with Crippen molar-refractivity contribution >= 4 is 27.5 Å². The maximum Gasteiger partial charge on any atom is 0.0554 e. The van der Waals surface area contributed by atoms with Crippen LogP contribution >= 0.6 is 27.5 Å². The molecule has 0 N–H and O–H groups in total. The van der Waals surface area contributed by atoms with Gasteiger partial charge in [-0.25, -0.2) is 0 Å². The zero-order valence-electron chi connectivity index (χ0n) is 9.72. The van der Waals surface area contributed by atoms with E-state index in [1.165, 1.54) is 22.3 Å². The molecule has 86 valence electrons. The van der Waals surface area contributed by atoms with Crippen LogP contribution in [0.4, 0.5) is 0 Å². The minimum Gasteiger partial charge on any atom is -0.0831 e. The van der Waals surface area contributed by atoms with Crippen LogP contribution in [-0.2, 0) is 5.41 Å². The van der Waals surface area contributed by atoms with Crippen LogP contribution in [0.15, 0.2) is 40.9 Å². The molecule has 0 saturated heterocycles. The summed E-state index contributed by atoms with van der Waals surface area (Å²) >= 11 is 9.72. The summed E-state index contributed by atoms with van der Waals surface area (Å²) in [6.07, 6.45) is 0. The highest BCUT2D eigenvalue weighted by molar-refractivity contribution is 9.10. The highest BCUT2D eigenvalue weighted by Crippen LogP contribution is 2.50. The molecule has 0 radical (unpaired) electrons. The summed E-state index contributed by atoms with van der Waals surface area (Å²) in [5.74, 6) is 0. The van der Waals surface area contributed by atoms with Crippen LogP contribution in [-0.4, -0.2) is 0 Å². The van der Waals surface area contributed by atoms with Gasteiger partial charge in [0.1, 0.15) is 0 Å². The van der Waals surface area contributed by atoms with Crippen molar-refractivity contribution < 1.29 is 0 Å². The number of rotatable bonds is 0. The summed E-state index contributed by atoms with van der Waals surface area (Å²) in [7, 11) is 0. The van der Waals surface area contributed by atoms with Gasteiger partial charge in [0, 0.05) is 9.89 Å². The molecule has 3 rings (SSSR count). The summed E-state index contributed by atoms with van der Waals surface area (Å²) in [6, 6.07) is 12.8. The van der Waals surface area contributed by atoms with E-state index >= 15 is 0 Å². The molecule has 0 atom stereocenters. The van der Waals surface area contributed by atoms with E-state index < -0.39 is 0 Å². The van der Waals surface area contributed by atoms with Crippen LogP contribution in [0, 0.1) is 0 Å². The Bertz CT molecular complexity index is 614. The third kappa shape index (κ3) is 1.49. The van der Waals surface area contributed by atoms with Crippen LogP contribution in [0.3, 0.4) is 0 Å². The fourth-order valence-electron chi connectivity index (χ4n) is 2.69. The highest BCUT2D eigenvalue weighted by Gasteiger charge is 2.35. The van der Waals surface area contributed by atoms with E-state index in [-0.39, 0.29) is 5.41 Å². The van der Waals surface area contributed by atoms with E-state index in [0.29, 0.717) is 0 Å². The fraction of sp³-hybridized carbons (Fsp3) is 0.200. The van der Waals surface area contributed by atoms with Gasteiger partial charge in [0.15, 0.2) is 0 Å². The van der Waals surface area contributed by atoms with Gasteiger partial charge in [0.25, 0.3) is 0 Å². The molecule has 0 bridgehead atoms. The summed E-state index contributed by atoms with van der Waals surface area (Å²) in [5, 5.41) is 0.774. The van der Waals surface area contributed by atoms with Crippen molar-refractivity contribution in [3.05, 3.63) is 57.0 Å². The molecule has 0 heterocycles. The summed E-state index contributed by atoms with van der Waals surface area (Å²) in [4.78, 5) is 0. The predicted octanol–water partition coefficient (Wildman–Crippen LogP) is 5.41. The smallest absolute Gasteiger partial charge is 0.0554 e. The third-order valence-corrected chi connectivity index (χ3v) is 4.82. The predicted molar refractivity (Wildman–Crippen MR) is 76.7 cm³/mol. The van der Waals surface area contributed by atoms with Gasteiger partial charge in [-0.3, -0.25) is 0 Å². The first kappa shape index (κ1) is 11.3. The largest absolute Gasteiger partial charge is 0.0831 e. The normalized spacial score (nSPS) is 15.5. The van der Waals surface area contributed by atoms with E-state index in [1.54, 1.807) is 0 Å². The van der Waals surface area contributed by atoms with E-state index in [1.807, 2.05) is 0 Å². The Kier molecular flexibility index (Phi) is 2.39. The van der Waals surface area contributed by atoms with Gasteiger partial charge < -0.3 is 0 Å². The van der Waals surface area contributed by atoms with Gasteiger partial charge in [-0.1, -0.05) is 49.7 Å². The number of benzene rings is 2. The molecular weight excluding hydrogens is 296 g/mol. The second-order valence-electron chi connectivity index (χ2n) is 4.98. The van der Waals surface area contributed by atoms with Crippen LogP contribution < -0.4 is 0 Å². The molecule has 0 nitrogen and oxygen atoms in total. The van der Waals surface area contributed by atoms with E-state index in [2.05, 4.69) is 66.2 Å². The second-order valence-corrected chi connectivity index (χ2v) is 6.24. The number of hydrogen-bond donors (Lipinski definition) is 0. The Balaban J connectivity index is 2.40. The molecule has 0 fully saturated rings. The topological polar surface area (TPSA) is 0 Å². The lowest BCUT2D eigenvalue weighted by Crippen LogP contribution is -2.14. The molecule has 2 heteroatoms. The molecule has 0 saturated carbocycles. The number of hydrogen-bond acceptors (Lipinski definition) is 0. The minimum atomic E-state index is 0.0546. The lowest BCUT2D eigenvalue weighted by Gasteiger charge is -2.21. The molecule has 0 aromatic heterocycles. The maximum atomic E-state index is 6.21. The Morgan fingerprint density at radius 1 is 1.00 bits per heavy atom. The average Bonchev–Trinajstić information content (AvgIpc) is 2.51. The molecular formula is C15H12BrCl. The van der Waals surface area contributed by atoms with Gasteiger partial charge in [-0.2, -0.15) is 0 Å². The first-order valence-corrected chi connectivity index (χ1v) is 6.78. The SMILES string of the molecule is CC1(C)c2ccccc2-c2cc(Cl)c(Br)cc21. The van der Waals surface area contributed by atoms with Crippen LogP contribution in [0.25, 0.3) is 11.1 Å². The average molecular weight is 308 g/mol. The number of halogens is 2. The zero-order valence-corrected chi connectivity index (χ0v) is 12.1. The molecule has 17 heavy (non-hydrogen) atoms. The van der Waals surface area contributed by atoms with Crippen molar-refractivity contribution in [1.29, 1.82) is 0 Å². The van der Waals surface area contributed by atoms with Crippen molar-refractivity contribution in [3.63, 3.8) is 0 Å². The second kappa shape index (κ2) is 3.60. The third-order valence-electron chi connectivity index (χ3n) is 3.62. The van der Waals surface area contributed by atoms with E-state index in [9.17, 15) is 0 Å². The molecule has 0 aliphatic heterocycles. The monoisotopic (exact) mass is 306 g/mol. The zero-order chi connectivity index (χ0) is 12.2. The van der Waals surface area contributed by atoms with Crippen LogP contribution in [0.5, 0.6) is 0 Å². The molecule has 0 amide bonds. The molecule has 0 unspecified atom stereocenters. The van der Waals surface area contributed by atoms with Gasteiger partial charge in [0.05, 0.1) is 5.02 Å². The molecule has 1 aliphatic carbocycles. The van der Waals surface area contributed by atoms with Crippen LogP contribution in [0.2, 0.25) is 5.02 Å². The first-order chi connectivity index (χ1) is 8.01. The first-order valence-electron chi connectivity index (χ1n) is 5.61. The lowest BCUT2D eigenvalue weighted by atomic mass is 9.82. The highest BCUT2D eigenvalue weighted by atomic mass is 79.9. The quantitative estimate of drug-likeness (QED) is 0.610. The molecule has 2 aromatic carbocycles. The van der Waals surface area contributed by atoms with Crippen molar-refractivity contribution in [3.8, 4) is 11.1 Å². The summed E-state index contributed by atoms with van der Waals surface area (Å²) in [6.45, 7) is 4.52. The minimum absolute atomic E-state index is 0.0546. The molecule has 2 aromatic rings. The number of fused-ring (bicyclic) bond motifs is 3. The summed E-state index contributed by atoms with van der Waals surface area (Å²) < 4.78 is 0.971.